The van der Waals surface area contributed by atoms with Gasteiger partial charge in [0.15, 0.2) is 6.29 Å². The molecule has 1 heterocycles. The van der Waals surface area contributed by atoms with E-state index >= 15 is 0 Å². The summed E-state index contributed by atoms with van der Waals surface area (Å²) in [6.45, 7) is 5.07. The fraction of sp³-hybridized carbons (Fsp3) is 0.306. The number of methoxy groups -OCH3 is 1. The standard InChI is InChI=1S/C36H40N2O5S/c1-4-37-36(40)38-21-29-9-5-6-10-30(29)26-17-19-28(20-18-26)35-42-32(23-44-33-12-8-7-11-31(33)41-3)24(2)34(43-35)27-15-13-25(22-39)14-16-27/h5-20,24,32,34-35,39H,4,21-23H2,1-3H3,(H2,37,38,40). The molecule has 8 heteroatoms. The number of amides is 2. The normalized spacial score (nSPS) is 19.7. The van der Waals surface area contributed by atoms with E-state index in [9.17, 15) is 9.90 Å². The Labute approximate surface area is 263 Å². The van der Waals surface area contributed by atoms with E-state index in [1.54, 1.807) is 18.9 Å². The molecule has 1 fully saturated rings. The van der Waals surface area contributed by atoms with Crippen LogP contribution in [0.15, 0.2) is 102 Å². The molecule has 0 spiro atoms. The summed E-state index contributed by atoms with van der Waals surface area (Å²) in [5, 5.41) is 15.3. The number of aliphatic hydroxyl groups is 1. The number of hydrogen-bond donors (Lipinski definition) is 3. The van der Waals surface area contributed by atoms with Gasteiger partial charge in [-0.1, -0.05) is 91.9 Å². The van der Waals surface area contributed by atoms with Gasteiger partial charge in [-0.25, -0.2) is 4.79 Å². The number of hydrogen-bond acceptors (Lipinski definition) is 6. The summed E-state index contributed by atoms with van der Waals surface area (Å²) in [7, 11) is 1.69. The van der Waals surface area contributed by atoms with Crippen LogP contribution >= 0.6 is 11.8 Å². The van der Waals surface area contributed by atoms with Crippen LogP contribution in [0, 0.1) is 5.92 Å². The highest BCUT2D eigenvalue weighted by molar-refractivity contribution is 7.99. The number of aliphatic hydroxyl groups excluding tert-OH is 1. The fourth-order valence-corrected chi connectivity index (χ4v) is 6.59. The molecule has 4 aromatic rings. The summed E-state index contributed by atoms with van der Waals surface area (Å²) in [6.07, 6.45) is -0.835. The maximum absolute atomic E-state index is 12.0. The van der Waals surface area contributed by atoms with Crippen LogP contribution in [0.2, 0.25) is 0 Å². The van der Waals surface area contributed by atoms with Gasteiger partial charge in [0.2, 0.25) is 0 Å². The maximum Gasteiger partial charge on any atom is 0.315 e. The molecule has 44 heavy (non-hydrogen) atoms. The van der Waals surface area contributed by atoms with Gasteiger partial charge >= 0.3 is 6.03 Å². The lowest BCUT2D eigenvalue weighted by Crippen LogP contribution is -2.38. The number of ether oxygens (including phenoxy) is 3. The second-order valence-corrected chi connectivity index (χ2v) is 11.8. The minimum Gasteiger partial charge on any atom is -0.496 e. The number of urea groups is 1. The second-order valence-electron chi connectivity index (χ2n) is 10.8. The van der Waals surface area contributed by atoms with Crippen LogP contribution in [-0.4, -0.2) is 36.6 Å². The Bertz CT molecular complexity index is 1510. The van der Waals surface area contributed by atoms with Crippen molar-refractivity contribution in [2.45, 2.75) is 50.4 Å². The van der Waals surface area contributed by atoms with Gasteiger partial charge in [0.1, 0.15) is 5.75 Å². The molecule has 3 N–H and O–H groups in total. The molecule has 5 rings (SSSR count). The molecule has 1 aliphatic heterocycles. The van der Waals surface area contributed by atoms with Gasteiger partial charge in [0.25, 0.3) is 0 Å². The van der Waals surface area contributed by atoms with E-state index in [2.05, 4.69) is 54.0 Å². The van der Waals surface area contributed by atoms with Crippen LogP contribution in [-0.2, 0) is 22.6 Å². The average Bonchev–Trinajstić information content (AvgIpc) is 3.07. The zero-order valence-corrected chi connectivity index (χ0v) is 26.2. The molecule has 0 bridgehead atoms. The molecular formula is C36H40N2O5S. The van der Waals surface area contributed by atoms with Crippen molar-refractivity contribution in [1.29, 1.82) is 0 Å². The second kappa shape index (κ2) is 15.3. The van der Waals surface area contributed by atoms with Crippen molar-refractivity contribution in [3.63, 3.8) is 0 Å². The van der Waals surface area contributed by atoms with E-state index in [1.807, 2.05) is 67.6 Å². The van der Waals surface area contributed by atoms with Gasteiger partial charge in [-0.2, -0.15) is 0 Å². The van der Waals surface area contributed by atoms with Crippen molar-refractivity contribution < 1.29 is 24.1 Å². The molecule has 2 amide bonds. The highest BCUT2D eigenvalue weighted by Gasteiger charge is 2.38. The Balaban J connectivity index is 1.38. The first-order valence-electron chi connectivity index (χ1n) is 15.0. The Hall–Kier alpha value is -3.82. The third-order valence-corrected chi connectivity index (χ3v) is 9.03. The topological polar surface area (TPSA) is 89.1 Å². The summed E-state index contributed by atoms with van der Waals surface area (Å²) in [5.41, 5.74) is 5.99. The van der Waals surface area contributed by atoms with E-state index in [0.717, 1.165) is 49.8 Å². The molecule has 4 unspecified atom stereocenters. The first-order chi connectivity index (χ1) is 21.5. The largest absolute Gasteiger partial charge is 0.496 e. The summed E-state index contributed by atoms with van der Waals surface area (Å²) < 4.78 is 18.9. The van der Waals surface area contributed by atoms with E-state index < -0.39 is 6.29 Å². The molecular weight excluding hydrogens is 572 g/mol. The lowest BCUT2D eigenvalue weighted by Gasteiger charge is -2.41. The zero-order valence-electron chi connectivity index (χ0n) is 25.4. The third kappa shape index (κ3) is 7.63. The summed E-state index contributed by atoms with van der Waals surface area (Å²) >= 11 is 1.72. The number of carbonyl (C=O) groups is 1. The lowest BCUT2D eigenvalue weighted by molar-refractivity contribution is -0.268. The van der Waals surface area contributed by atoms with Gasteiger partial charge in [-0.3, -0.25) is 0 Å². The van der Waals surface area contributed by atoms with Crippen LogP contribution in [0.5, 0.6) is 5.75 Å². The Morgan fingerprint density at radius 2 is 1.59 bits per heavy atom. The lowest BCUT2D eigenvalue weighted by atomic mass is 9.91. The first kappa shape index (κ1) is 31.6. The van der Waals surface area contributed by atoms with Gasteiger partial charge in [-0.15, -0.1) is 11.8 Å². The van der Waals surface area contributed by atoms with E-state index in [-0.39, 0.29) is 30.8 Å². The Kier molecular flexibility index (Phi) is 11.0. The molecule has 0 aromatic heterocycles. The molecule has 1 aliphatic rings. The minimum absolute atomic E-state index is 0.00272. The van der Waals surface area contributed by atoms with E-state index in [0.29, 0.717) is 13.1 Å². The van der Waals surface area contributed by atoms with Crippen molar-refractivity contribution >= 4 is 17.8 Å². The van der Waals surface area contributed by atoms with Crippen LogP contribution in [0.25, 0.3) is 11.1 Å². The van der Waals surface area contributed by atoms with Crippen molar-refractivity contribution in [3.8, 4) is 16.9 Å². The van der Waals surface area contributed by atoms with Gasteiger partial charge in [-0.05, 0) is 46.9 Å². The quantitative estimate of drug-likeness (QED) is 0.155. The van der Waals surface area contributed by atoms with Crippen molar-refractivity contribution in [2.75, 3.05) is 19.4 Å². The average molecular weight is 613 g/mol. The van der Waals surface area contributed by atoms with E-state index in [4.69, 9.17) is 14.2 Å². The maximum atomic E-state index is 12.0. The predicted octanol–water partition coefficient (Wildman–Crippen LogP) is 7.26. The number of rotatable bonds is 11. The molecule has 0 aliphatic carbocycles. The SMILES string of the molecule is CCNC(=O)NCc1ccccc1-c1ccc(C2OC(CSc3ccccc3OC)C(C)C(c3ccc(CO)cc3)O2)cc1. The number of benzene rings is 4. The number of carbonyl (C=O) groups excluding carboxylic acids is 1. The Morgan fingerprint density at radius 3 is 2.32 bits per heavy atom. The van der Waals surface area contributed by atoms with E-state index in [1.165, 1.54) is 0 Å². The highest BCUT2D eigenvalue weighted by Crippen LogP contribution is 2.44. The van der Waals surface area contributed by atoms with Crippen LogP contribution in [0.1, 0.15) is 48.5 Å². The number of para-hydroxylation sites is 1. The molecule has 4 atom stereocenters. The summed E-state index contributed by atoms with van der Waals surface area (Å²) in [4.78, 5) is 13.1. The van der Waals surface area contributed by atoms with Crippen molar-refractivity contribution in [2.24, 2.45) is 5.92 Å². The van der Waals surface area contributed by atoms with Crippen molar-refractivity contribution in [1.82, 2.24) is 10.6 Å². The number of nitrogens with one attached hydrogen (secondary N) is 2. The van der Waals surface area contributed by atoms with Crippen molar-refractivity contribution in [3.05, 3.63) is 119 Å². The molecule has 0 radical (unpaired) electrons. The van der Waals surface area contributed by atoms with Gasteiger partial charge in [0, 0.05) is 35.2 Å². The molecule has 0 saturated carbocycles. The Morgan fingerprint density at radius 1 is 0.886 bits per heavy atom. The fourth-order valence-electron chi connectivity index (χ4n) is 5.39. The minimum atomic E-state index is -0.555. The van der Waals surface area contributed by atoms with Crippen LogP contribution in [0.4, 0.5) is 4.79 Å². The monoisotopic (exact) mass is 612 g/mol. The van der Waals surface area contributed by atoms with Gasteiger partial charge < -0.3 is 30.0 Å². The van der Waals surface area contributed by atoms with Crippen LogP contribution in [0.3, 0.4) is 0 Å². The molecule has 230 valence electrons. The smallest absolute Gasteiger partial charge is 0.315 e. The highest BCUT2D eigenvalue weighted by atomic mass is 32.2. The molecule has 1 saturated heterocycles. The summed E-state index contributed by atoms with van der Waals surface area (Å²) in [6, 6.07) is 32.2. The zero-order chi connectivity index (χ0) is 30.9. The first-order valence-corrected chi connectivity index (χ1v) is 16.0. The molecule has 7 nitrogen and oxygen atoms in total. The third-order valence-electron chi connectivity index (χ3n) is 7.88. The predicted molar refractivity (Wildman–Crippen MR) is 174 cm³/mol. The van der Waals surface area contributed by atoms with Gasteiger partial charge in [0.05, 0.1) is 25.9 Å². The van der Waals surface area contributed by atoms with Crippen LogP contribution < -0.4 is 15.4 Å². The molecule has 4 aromatic carbocycles. The summed E-state index contributed by atoms with van der Waals surface area (Å²) in [5.74, 6) is 1.66. The number of thioether (sulfide) groups is 1.